The first-order chi connectivity index (χ1) is 13.6. The van der Waals surface area contributed by atoms with E-state index in [-0.39, 0.29) is 0 Å². The van der Waals surface area contributed by atoms with Gasteiger partial charge in [-0.1, -0.05) is 0 Å². The number of rotatable bonds is 6. The average molecular weight is 406 g/mol. The van der Waals surface area contributed by atoms with Gasteiger partial charge in [-0.2, -0.15) is 0 Å². The second-order valence-corrected chi connectivity index (χ2v) is 8.78. The van der Waals surface area contributed by atoms with Crippen LogP contribution >= 0.6 is 0 Å². The van der Waals surface area contributed by atoms with Crippen molar-refractivity contribution in [2.75, 3.05) is 31.6 Å². The summed E-state index contributed by atoms with van der Waals surface area (Å²) in [6.07, 6.45) is 3.76. The molecule has 160 valence electrons. The fourth-order valence-electron chi connectivity index (χ4n) is 3.41. The second-order valence-electron chi connectivity index (χ2n) is 8.78. The first kappa shape index (κ1) is 22.0. The number of anilines is 1. The molecule has 1 aromatic rings. The van der Waals surface area contributed by atoms with Crippen LogP contribution in [-0.4, -0.2) is 81.7 Å². The molecule has 0 aliphatic carbocycles. The molecule has 1 atom stereocenters. The van der Waals surface area contributed by atoms with E-state index in [9.17, 15) is 9.90 Å². The van der Waals surface area contributed by atoms with Crippen molar-refractivity contribution in [3.05, 3.63) is 12.4 Å². The summed E-state index contributed by atoms with van der Waals surface area (Å²) >= 11 is 0. The van der Waals surface area contributed by atoms with E-state index >= 15 is 0 Å². The van der Waals surface area contributed by atoms with Crippen LogP contribution < -0.4 is 10.8 Å². The van der Waals surface area contributed by atoms with E-state index in [1.165, 1.54) is 0 Å². The summed E-state index contributed by atoms with van der Waals surface area (Å²) in [6.45, 7) is 9.34. The Morgan fingerprint density at radius 2 is 1.79 bits per heavy atom. The van der Waals surface area contributed by atoms with Gasteiger partial charge in [-0.25, -0.2) is 9.97 Å². The molecule has 2 aliphatic heterocycles. The normalized spacial score (nSPS) is 22.6. The monoisotopic (exact) mass is 406 g/mol. The Morgan fingerprint density at radius 1 is 1.24 bits per heavy atom. The Labute approximate surface area is 172 Å². The molecule has 0 saturated carbocycles. The zero-order chi connectivity index (χ0) is 21.2. The Balaban J connectivity index is 1.46. The summed E-state index contributed by atoms with van der Waals surface area (Å²) in [5.74, 6) is 0.525. The maximum Gasteiger partial charge on any atom is 0.498 e. The third kappa shape index (κ3) is 4.88. The van der Waals surface area contributed by atoms with E-state index in [2.05, 4.69) is 15.3 Å². The van der Waals surface area contributed by atoms with Crippen LogP contribution in [0.3, 0.4) is 0 Å². The van der Waals surface area contributed by atoms with Crippen LogP contribution in [0.1, 0.15) is 40.5 Å². The molecule has 2 aliphatic rings. The standard InChI is InChI=1S/C19H31BN4O5/c1-18(2)19(3,4)29-20(28-18)14-10-22-17(23-11-14)21-9-13-5-7-24(8-6-13)16(27)15(26)12-25/h10-11,13,15,25-26H,5-9,12H2,1-4H3,(H,21,22,23)/t15-/m0/s1. The molecule has 2 fully saturated rings. The van der Waals surface area contributed by atoms with Crippen LogP contribution in [0, 0.1) is 5.92 Å². The van der Waals surface area contributed by atoms with Gasteiger partial charge >= 0.3 is 7.12 Å². The third-order valence-electron chi connectivity index (χ3n) is 6.13. The summed E-state index contributed by atoms with van der Waals surface area (Å²) in [7, 11) is -0.481. The number of aliphatic hydroxyl groups is 2. The van der Waals surface area contributed by atoms with Crippen molar-refractivity contribution in [2.45, 2.75) is 57.8 Å². The maximum atomic E-state index is 11.9. The van der Waals surface area contributed by atoms with Crippen molar-refractivity contribution in [2.24, 2.45) is 5.92 Å². The zero-order valence-electron chi connectivity index (χ0n) is 17.6. The fourth-order valence-corrected chi connectivity index (χ4v) is 3.41. The summed E-state index contributed by atoms with van der Waals surface area (Å²) < 4.78 is 12.0. The molecule has 3 N–H and O–H groups in total. The predicted octanol–water partition coefficient (Wildman–Crippen LogP) is -0.220. The quantitative estimate of drug-likeness (QED) is 0.556. The Morgan fingerprint density at radius 3 is 2.31 bits per heavy atom. The lowest BCUT2D eigenvalue weighted by molar-refractivity contribution is -0.143. The van der Waals surface area contributed by atoms with Crippen LogP contribution in [-0.2, 0) is 14.1 Å². The summed E-state index contributed by atoms with van der Waals surface area (Å²) in [4.78, 5) is 22.2. The van der Waals surface area contributed by atoms with E-state index in [0.29, 0.717) is 31.5 Å². The number of hydrogen-bond acceptors (Lipinski definition) is 8. The van der Waals surface area contributed by atoms with Gasteiger partial charge in [0.15, 0.2) is 6.10 Å². The largest absolute Gasteiger partial charge is 0.498 e. The van der Waals surface area contributed by atoms with Gasteiger partial charge in [-0.05, 0) is 46.5 Å². The molecule has 0 aromatic carbocycles. The van der Waals surface area contributed by atoms with Gasteiger partial charge in [0.1, 0.15) is 0 Å². The van der Waals surface area contributed by atoms with E-state index < -0.39 is 36.9 Å². The van der Waals surface area contributed by atoms with Crippen molar-refractivity contribution in [3.63, 3.8) is 0 Å². The molecule has 0 unspecified atom stereocenters. The molecule has 3 heterocycles. The van der Waals surface area contributed by atoms with Gasteiger partial charge in [0, 0.05) is 37.5 Å². The van der Waals surface area contributed by atoms with Crippen molar-refractivity contribution >= 4 is 24.4 Å². The van der Waals surface area contributed by atoms with Crippen molar-refractivity contribution in [3.8, 4) is 0 Å². The maximum absolute atomic E-state index is 11.9. The number of hydrogen-bond donors (Lipinski definition) is 3. The molecule has 2 saturated heterocycles. The van der Waals surface area contributed by atoms with Gasteiger partial charge in [0.2, 0.25) is 5.95 Å². The third-order valence-corrected chi connectivity index (χ3v) is 6.13. The Hall–Kier alpha value is -1.75. The molecule has 10 heteroatoms. The van der Waals surface area contributed by atoms with Gasteiger partial charge in [-0.3, -0.25) is 4.79 Å². The molecular weight excluding hydrogens is 375 g/mol. The highest BCUT2D eigenvalue weighted by molar-refractivity contribution is 6.61. The number of nitrogens with one attached hydrogen (secondary N) is 1. The average Bonchev–Trinajstić information content (AvgIpc) is 2.93. The first-order valence-electron chi connectivity index (χ1n) is 10.1. The molecule has 3 rings (SSSR count). The lowest BCUT2D eigenvalue weighted by Gasteiger charge is -2.33. The van der Waals surface area contributed by atoms with E-state index in [1.807, 2.05) is 27.7 Å². The summed E-state index contributed by atoms with van der Waals surface area (Å²) in [6, 6.07) is 0. The van der Waals surface area contributed by atoms with Crippen LogP contribution in [0.15, 0.2) is 12.4 Å². The number of aliphatic hydroxyl groups excluding tert-OH is 2. The highest BCUT2D eigenvalue weighted by Crippen LogP contribution is 2.36. The highest BCUT2D eigenvalue weighted by Gasteiger charge is 2.51. The van der Waals surface area contributed by atoms with Crippen molar-refractivity contribution in [1.29, 1.82) is 0 Å². The lowest BCUT2D eigenvalue weighted by atomic mass is 9.81. The zero-order valence-corrected chi connectivity index (χ0v) is 17.6. The van der Waals surface area contributed by atoms with Gasteiger partial charge in [0.05, 0.1) is 17.8 Å². The highest BCUT2D eigenvalue weighted by atomic mass is 16.7. The number of carbonyl (C=O) groups is 1. The minimum absolute atomic E-state index is 0.386. The number of likely N-dealkylation sites (tertiary alicyclic amines) is 1. The van der Waals surface area contributed by atoms with Gasteiger partial charge in [0.25, 0.3) is 5.91 Å². The molecule has 29 heavy (non-hydrogen) atoms. The molecule has 9 nitrogen and oxygen atoms in total. The number of piperidine rings is 1. The van der Waals surface area contributed by atoms with Gasteiger partial charge < -0.3 is 29.7 Å². The van der Waals surface area contributed by atoms with Gasteiger partial charge in [-0.15, -0.1) is 0 Å². The van der Waals surface area contributed by atoms with Crippen LogP contribution in [0.2, 0.25) is 0 Å². The predicted molar refractivity (Wildman–Crippen MR) is 109 cm³/mol. The van der Waals surface area contributed by atoms with E-state index in [0.717, 1.165) is 18.3 Å². The molecule has 0 radical (unpaired) electrons. The number of amides is 1. The number of aromatic nitrogens is 2. The SMILES string of the molecule is CC1(C)OB(c2cnc(NCC3CCN(C(=O)[C@@H](O)CO)CC3)nc2)OC1(C)C. The summed E-state index contributed by atoms with van der Waals surface area (Å²) in [5.41, 5.74) is -0.0284. The minimum Gasteiger partial charge on any atom is -0.399 e. The number of nitrogens with zero attached hydrogens (tertiary/aromatic N) is 3. The first-order valence-corrected chi connectivity index (χ1v) is 10.1. The Bertz CT molecular complexity index is 691. The van der Waals surface area contributed by atoms with Crippen LogP contribution in [0.4, 0.5) is 5.95 Å². The topological polar surface area (TPSA) is 117 Å². The van der Waals surface area contributed by atoms with Crippen molar-refractivity contribution < 1.29 is 24.3 Å². The lowest BCUT2D eigenvalue weighted by Crippen LogP contribution is -2.45. The smallest absolute Gasteiger partial charge is 0.399 e. The Kier molecular flexibility index (Phi) is 6.47. The minimum atomic E-state index is -1.32. The molecule has 0 spiro atoms. The van der Waals surface area contributed by atoms with E-state index in [4.69, 9.17) is 14.4 Å². The van der Waals surface area contributed by atoms with Crippen LogP contribution in [0.5, 0.6) is 0 Å². The van der Waals surface area contributed by atoms with Crippen LogP contribution in [0.25, 0.3) is 0 Å². The number of carbonyl (C=O) groups excluding carboxylic acids is 1. The molecular formula is C19H31BN4O5. The second kappa shape index (κ2) is 8.55. The molecule has 0 bridgehead atoms. The van der Waals surface area contributed by atoms with Crippen molar-refractivity contribution in [1.82, 2.24) is 14.9 Å². The molecule has 1 aromatic heterocycles. The summed E-state index contributed by atoms with van der Waals surface area (Å²) in [5, 5.41) is 21.6. The fraction of sp³-hybridized carbons (Fsp3) is 0.737. The molecule has 1 amide bonds. The van der Waals surface area contributed by atoms with E-state index in [1.54, 1.807) is 17.3 Å².